The first kappa shape index (κ1) is 57.4. The second-order valence-electron chi connectivity index (χ2n) is 24.6. The van der Waals surface area contributed by atoms with Crippen LogP contribution < -0.4 is 0 Å². The average molecular weight is 1250 g/mol. The van der Waals surface area contributed by atoms with Crippen LogP contribution in [-0.4, -0.2) is 39.0 Å². The highest BCUT2D eigenvalue weighted by Gasteiger charge is 2.23. The molecule has 8 nitrogen and oxygen atoms in total. The fourth-order valence-electron chi connectivity index (χ4n) is 14.0. The van der Waals surface area contributed by atoms with Gasteiger partial charge < -0.3 is 9.13 Å². The molecule has 0 N–H and O–H groups in total. The largest absolute Gasteiger partial charge is 0.309 e. The third kappa shape index (κ3) is 10.6. The van der Waals surface area contributed by atoms with Crippen LogP contribution in [0.25, 0.3) is 178 Å². The van der Waals surface area contributed by atoms with Crippen LogP contribution in [0.2, 0.25) is 0 Å². The molecule has 0 atom stereocenters. The molecule has 0 bridgehead atoms. The molecule has 11 aromatic carbocycles. The highest BCUT2D eigenvalue weighted by atomic mass is 15.0. The summed E-state index contributed by atoms with van der Waals surface area (Å²) in [5, 5.41) is 4.47. The average Bonchev–Trinajstić information content (AvgIpc) is 1.58. The van der Waals surface area contributed by atoms with Gasteiger partial charge in [-0.15, -0.1) is 0 Å². The summed E-state index contributed by atoms with van der Waals surface area (Å²) in [6, 6.07) is 116. The minimum absolute atomic E-state index is 0.620. The molecule has 0 aliphatic carbocycles. The molecule has 0 fully saturated rings. The highest BCUT2D eigenvalue weighted by molar-refractivity contribution is 6.14. The molecule has 0 aliphatic heterocycles. The standard InChI is InChI=1S/C90H58N8/c1-6-20-59(21-7-1)78-54-68(42-46-91-78)64-34-38-86-74(50-64)75-51-65(69-43-47-92-79(55-69)60-22-8-2-9-23-60)35-39-87(75)97(86)84-32-18-16-30-72(84)82-58-83(96-90(95-82)63-28-14-5-15-29-63)73-31-17-19-33-85(73)98-88-40-36-66(70-44-48-93-80(56-70)61-24-10-3-11-25-61)52-76(88)77-53-67(37-41-89(77)98)71-45-49-94-81(57-71)62-26-12-4-13-27-62/h1-58H. The molecule has 0 spiro atoms. The lowest BCUT2D eigenvalue weighted by molar-refractivity contribution is 1.14. The fraction of sp³-hybridized carbons (Fsp3) is 0. The molecule has 0 saturated heterocycles. The lowest BCUT2D eigenvalue weighted by Gasteiger charge is -2.17. The van der Waals surface area contributed by atoms with Crippen molar-refractivity contribution in [3.05, 3.63) is 352 Å². The van der Waals surface area contributed by atoms with Crippen molar-refractivity contribution in [1.82, 2.24) is 39.0 Å². The normalized spacial score (nSPS) is 11.5. The first-order valence-corrected chi connectivity index (χ1v) is 32.9. The monoisotopic (exact) mass is 1250 g/mol. The summed E-state index contributed by atoms with van der Waals surface area (Å²) in [7, 11) is 0. The zero-order chi connectivity index (χ0) is 64.9. The van der Waals surface area contributed by atoms with Crippen LogP contribution in [0.3, 0.4) is 0 Å². The van der Waals surface area contributed by atoms with Crippen LogP contribution in [0.4, 0.5) is 0 Å². The van der Waals surface area contributed by atoms with Crippen LogP contribution in [-0.2, 0) is 0 Å². The van der Waals surface area contributed by atoms with Crippen LogP contribution in [0.15, 0.2) is 352 Å². The van der Waals surface area contributed by atoms with Crippen molar-refractivity contribution in [2.75, 3.05) is 0 Å². The smallest absolute Gasteiger partial charge is 0.160 e. The van der Waals surface area contributed by atoms with Crippen molar-refractivity contribution in [1.29, 1.82) is 0 Å². The van der Waals surface area contributed by atoms with E-state index in [0.29, 0.717) is 5.82 Å². The number of rotatable bonds is 13. The first-order chi connectivity index (χ1) is 48.6. The first-order valence-electron chi connectivity index (χ1n) is 32.9. The van der Waals surface area contributed by atoms with Crippen LogP contribution >= 0.6 is 0 Å². The van der Waals surface area contributed by atoms with Gasteiger partial charge in [0.05, 0.1) is 67.6 Å². The summed E-state index contributed by atoms with van der Waals surface area (Å²) in [5.74, 6) is 0.620. The molecule has 7 aromatic heterocycles. The SMILES string of the molecule is c1ccc(-c2cc(-c3ccc4c(c3)c3cc(-c5ccnc(-c6ccccc6)c5)ccc3n4-c3ccccc3-c3cc(-c4ccccc4-n4c5ccc(-c6ccnc(-c7ccccc7)c6)cc5c5cc(-c6ccnc(-c7ccccc7)c6)ccc54)nc(-c4ccccc4)n3)ccn2)cc1. The van der Waals surface area contributed by atoms with Gasteiger partial charge in [-0.25, -0.2) is 9.97 Å². The van der Waals surface area contributed by atoms with Crippen LogP contribution in [0, 0.1) is 0 Å². The van der Waals surface area contributed by atoms with Gasteiger partial charge in [0.1, 0.15) is 0 Å². The van der Waals surface area contributed by atoms with E-state index in [4.69, 9.17) is 29.9 Å². The Bertz CT molecular complexity index is 5420. The van der Waals surface area contributed by atoms with Gasteiger partial charge in [-0.05, 0) is 160 Å². The Labute approximate surface area is 566 Å². The molecule has 18 aromatic rings. The maximum atomic E-state index is 5.57. The number of nitrogens with zero attached hydrogens (tertiary/aromatic N) is 8. The molecular weight excluding hydrogens is 1190 g/mol. The molecule has 458 valence electrons. The van der Waals surface area contributed by atoms with E-state index in [0.717, 1.165) is 173 Å². The van der Waals surface area contributed by atoms with Crippen molar-refractivity contribution in [2.24, 2.45) is 0 Å². The number of aromatic nitrogens is 8. The van der Waals surface area contributed by atoms with E-state index in [1.165, 1.54) is 0 Å². The van der Waals surface area contributed by atoms with Gasteiger partial charge in [-0.2, -0.15) is 0 Å². The predicted octanol–water partition coefficient (Wildman–Crippen LogP) is 22.6. The van der Waals surface area contributed by atoms with Crippen molar-refractivity contribution >= 4 is 43.6 Å². The zero-order valence-electron chi connectivity index (χ0n) is 53.1. The van der Waals surface area contributed by atoms with Crippen molar-refractivity contribution < 1.29 is 0 Å². The molecule has 8 heteroatoms. The van der Waals surface area contributed by atoms with Gasteiger partial charge >= 0.3 is 0 Å². The van der Waals surface area contributed by atoms with E-state index in [1.807, 2.05) is 55.1 Å². The van der Waals surface area contributed by atoms with Gasteiger partial charge in [-0.3, -0.25) is 19.9 Å². The Hall–Kier alpha value is -13.3. The third-order valence-electron chi connectivity index (χ3n) is 18.8. The maximum Gasteiger partial charge on any atom is 0.160 e. The highest BCUT2D eigenvalue weighted by Crippen LogP contribution is 2.44. The van der Waals surface area contributed by atoms with E-state index in [1.54, 1.807) is 0 Å². The lowest BCUT2D eigenvalue weighted by atomic mass is 9.99. The molecule has 98 heavy (non-hydrogen) atoms. The minimum atomic E-state index is 0.620. The molecule has 18 rings (SSSR count). The lowest BCUT2D eigenvalue weighted by Crippen LogP contribution is -2.02. The Morgan fingerprint density at radius 1 is 0.184 bits per heavy atom. The second-order valence-corrected chi connectivity index (χ2v) is 24.6. The Morgan fingerprint density at radius 3 is 0.735 bits per heavy atom. The number of hydrogen-bond donors (Lipinski definition) is 0. The van der Waals surface area contributed by atoms with E-state index in [-0.39, 0.29) is 0 Å². The number of pyridine rings is 4. The summed E-state index contributed by atoms with van der Waals surface area (Å²) in [4.78, 5) is 30.4. The fourth-order valence-corrected chi connectivity index (χ4v) is 14.0. The third-order valence-corrected chi connectivity index (χ3v) is 18.8. The molecule has 7 heterocycles. The number of para-hydroxylation sites is 2. The van der Waals surface area contributed by atoms with E-state index in [9.17, 15) is 0 Å². The molecule has 0 unspecified atom stereocenters. The number of hydrogen-bond acceptors (Lipinski definition) is 6. The molecular formula is C90H58N8. The van der Waals surface area contributed by atoms with Gasteiger partial charge in [0, 0.05) is 85.3 Å². The van der Waals surface area contributed by atoms with E-state index < -0.39 is 0 Å². The minimum Gasteiger partial charge on any atom is -0.309 e. The second kappa shape index (κ2) is 24.6. The Kier molecular flexibility index (Phi) is 14.4. The summed E-state index contributed by atoms with van der Waals surface area (Å²) in [6.07, 6.45) is 7.65. The Balaban J connectivity index is 0.816. The molecule has 0 radical (unpaired) electrons. The van der Waals surface area contributed by atoms with Gasteiger partial charge in [0.15, 0.2) is 5.82 Å². The summed E-state index contributed by atoms with van der Waals surface area (Å²) < 4.78 is 4.83. The van der Waals surface area contributed by atoms with Crippen molar-refractivity contribution in [3.8, 4) is 135 Å². The van der Waals surface area contributed by atoms with Crippen LogP contribution in [0.5, 0.6) is 0 Å². The number of fused-ring (bicyclic) bond motifs is 6. The van der Waals surface area contributed by atoms with Crippen molar-refractivity contribution in [2.45, 2.75) is 0 Å². The quantitative estimate of drug-likeness (QED) is 0.114. The molecule has 0 aliphatic rings. The molecule has 0 saturated carbocycles. The van der Waals surface area contributed by atoms with Crippen LogP contribution in [0.1, 0.15) is 0 Å². The van der Waals surface area contributed by atoms with Gasteiger partial charge in [0.2, 0.25) is 0 Å². The topological polar surface area (TPSA) is 87.2 Å². The maximum absolute atomic E-state index is 5.57. The number of benzene rings is 11. The van der Waals surface area contributed by atoms with E-state index >= 15 is 0 Å². The van der Waals surface area contributed by atoms with Crippen molar-refractivity contribution in [3.63, 3.8) is 0 Å². The van der Waals surface area contributed by atoms with E-state index in [2.05, 4.69) is 306 Å². The zero-order valence-corrected chi connectivity index (χ0v) is 53.1. The van der Waals surface area contributed by atoms with Gasteiger partial charge in [0.25, 0.3) is 0 Å². The summed E-state index contributed by atoms with van der Waals surface area (Å²) >= 11 is 0. The predicted molar refractivity (Wildman–Crippen MR) is 402 cm³/mol. The molecule has 0 amide bonds. The Morgan fingerprint density at radius 2 is 0.439 bits per heavy atom. The summed E-state index contributed by atoms with van der Waals surface area (Å²) in [5.41, 5.74) is 27.3. The summed E-state index contributed by atoms with van der Waals surface area (Å²) in [6.45, 7) is 0. The van der Waals surface area contributed by atoms with Gasteiger partial charge in [-0.1, -0.05) is 212 Å².